The first-order chi connectivity index (χ1) is 12.7. The van der Waals surface area contributed by atoms with Gasteiger partial charge < -0.3 is 19.5 Å². The van der Waals surface area contributed by atoms with Crippen LogP contribution in [0.1, 0.15) is 36.9 Å². The second-order valence-corrected chi connectivity index (χ2v) is 6.89. The summed E-state index contributed by atoms with van der Waals surface area (Å²) in [5, 5.41) is 3.42. The standard InChI is InChI=1S/C20H29N5O.HI/c1-21-20(25(3)15-17-7-6-12-24(17)2)23-14-16-10-11-22-19(13-16)26-18-8-4-5-9-18;/h6-7,10-13,18H,4-5,8-9,14-15H2,1-3H3,(H,21,23);1H. The van der Waals surface area contributed by atoms with Gasteiger partial charge in [0.25, 0.3) is 0 Å². The molecule has 7 heteroatoms. The average Bonchev–Trinajstić information content (AvgIpc) is 3.28. The van der Waals surface area contributed by atoms with Gasteiger partial charge in [-0.25, -0.2) is 4.98 Å². The largest absolute Gasteiger partial charge is 0.474 e. The van der Waals surface area contributed by atoms with Gasteiger partial charge in [-0.3, -0.25) is 4.99 Å². The fourth-order valence-electron chi connectivity index (χ4n) is 3.35. The predicted molar refractivity (Wildman–Crippen MR) is 120 cm³/mol. The molecule has 1 aliphatic rings. The Morgan fingerprint density at radius 1 is 1.37 bits per heavy atom. The topological polar surface area (TPSA) is 54.7 Å². The minimum absolute atomic E-state index is 0. The molecule has 0 atom stereocenters. The van der Waals surface area contributed by atoms with E-state index >= 15 is 0 Å². The van der Waals surface area contributed by atoms with Gasteiger partial charge in [0, 0.05) is 51.8 Å². The number of hydrogen-bond donors (Lipinski definition) is 1. The van der Waals surface area contributed by atoms with Crippen LogP contribution in [0.3, 0.4) is 0 Å². The van der Waals surface area contributed by atoms with Gasteiger partial charge in [-0.2, -0.15) is 0 Å². The van der Waals surface area contributed by atoms with E-state index in [2.05, 4.69) is 50.1 Å². The Kier molecular flexibility index (Phi) is 8.40. The summed E-state index contributed by atoms with van der Waals surface area (Å²) in [4.78, 5) is 10.9. The number of aryl methyl sites for hydroxylation is 1. The van der Waals surface area contributed by atoms with Gasteiger partial charge in [-0.15, -0.1) is 24.0 Å². The highest BCUT2D eigenvalue weighted by Gasteiger charge is 2.17. The van der Waals surface area contributed by atoms with Crippen LogP contribution in [0, 0.1) is 0 Å². The second kappa shape index (κ2) is 10.5. The molecule has 2 aromatic rings. The number of halogens is 1. The third-order valence-electron chi connectivity index (χ3n) is 4.86. The molecule has 0 aliphatic heterocycles. The highest BCUT2D eigenvalue weighted by Crippen LogP contribution is 2.23. The lowest BCUT2D eigenvalue weighted by molar-refractivity contribution is 0.201. The number of ether oxygens (including phenoxy) is 1. The van der Waals surface area contributed by atoms with Crippen LogP contribution in [-0.2, 0) is 20.1 Å². The number of nitrogens with one attached hydrogen (secondary N) is 1. The zero-order valence-electron chi connectivity index (χ0n) is 16.4. The molecular weight excluding hydrogens is 453 g/mol. The van der Waals surface area contributed by atoms with Crippen molar-refractivity contribution in [2.24, 2.45) is 12.0 Å². The van der Waals surface area contributed by atoms with Crippen molar-refractivity contribution in [1.29, 1.82) is 0 Å². The third-order valence-corrected chi connectivity index (χ3v) is 4.86. The van der Waals surface area contributed by atoms with Crippen LogP contribution < -0.4 is 10.1 Å². The van der Waals surface area contributed by atoms with E-state index in [1.54, 1.807) is 0 Å². The van der Waals surface area contributed by atoms with Crippen LogP contribution in [-0.4, -0.2) is 40.6 Å². The van der Waals surface area contributed by atoms with Crippen molar-refractivity contribution >= 4 is 29.9 Å². The van der Waals surface area contributed by atoms with Crippen molar-refractivity contribution in [2.75, 3.05) is 14.1 Å². The molecular formula is C20H30IN5O. The first-order valence-electron chi connectivity index (χ1n) is 9.29. The van der Waals surface area contributed by atoms with Crippen LogP contribution in [0.15, 0.2) is 41.7 Å². The predicted octanol–water partition coefficient (Wildman–Crippen LogP) is 3.57. The normalized spacial score (nSPS) is 14.7. The van der Waals surface area contributed by atoms with Crippen LogP contribution in [0.25, 0.3) is 0 Å². The smallest absolute Gasteiger partial charge is 0.213 e. The van der Waals surface area contributed by atoms with Crippen molar-refractivity contribution in [2.45, 2.75) is 44.9 Å². The molecule has 0 saturated heterocycles. The van der Waals surface area contributed by atoms with Crippen LogP contribution >= 0.6 is 24.0 Å². The maximum Gasteiger partial charge on any atom is 0.213 e. The van der Waals surface area contributed by atoms with Crippen LogP contribution in [0.2, 0.25) is 0 Å². The molecule has 6 nitrogen and oxygen atoms in total. The molecule has 0 unspecified atom stereocenters. The number of pyridine rings is 1. The van der Waals surface area contributed by atoms with E-state index < -0.39 is 0 Å². The van der Waals surface area contributed by atoms with Crippen LogP contribution in [0.4, 0.5) is 0 Å². The third kappa shape index (κ3) is 6.12. The molecule has 0 radical (unpaired) electrons. The first kappa shape index (κ1) is 21.5. The molecule has 2 aromatic heterocycles. The minimum Gasteiger partial charge on any atom is -0.474 e. The molecule has 2 heterocycles. The number of rotatable bonds is 6. The van der Waals surface area contributed by atoms with E-state index in [1.807, 2.05) is 32.4 Å². The van der Waals surface area contributed by atoms with Crippen LogP contribution in [0.5, 0.6) is 5.88 Å². The molecule has 27 heavy (non-hydrogen) atoms. The maximum absolute atomic E-state index is 6.00. The van der Waals surface area contributed by atoms with Gasteiger partial charge in [0.2, 0.25) is 5.88 Å². The minimum atomic E-state index is 0. The number of aromatic nitrogens is 2. The van der Waals surface area contributed by atoms with Crippen molar-refractivity contribution < 1.29 is 4.74 Å². The summed E-state index contributed by atoms with van der Waals surface area (Å²) in [5.41, 5.74) is 2.38. The SMILES string of the molecule is CN=C(NCc1ccnc(OC2CCCC2)c1)N(C)Cc1cccn1C.I. The number of guanidine groups is 1. The Labute approximate surface area is 179 Å². The fraction of sp³-hybridized carbons (Fsp3) is 0.500. The number of hydrogen-bond acceptors (Lipinski definition) is 3. The fourth-order valence-corrected chi connectivity index (χ4v) is 3.35. The Morgan fingerprint density at radius 2 is 2.15 bits per heavy atom. The Hall–Kier alpha value is -1.77. The van der Waals surface area contributed by atoms with Gasteiger partial charge in [0.05, 0.1) is 6.54 Å². The maximum atomic E-state index is 6.00. The summed E-state index contributed by atoms with van der Waals surface area (Å²) in [6, 6.07) is 8.22. The molecule has 148 valence electrons. The van der Waals surface area contributed by atoms with Gasteiger partial charge >= 0.3 is 0 Å². The summed E-state index contributed by atoms with van der Waals surface area (Å²) >= 11 is 0. The van der Waals surface area contributed by atoms with E-state index in [4.69, 9.17) is 4.74 Å². The van der Waals surface area contributed by atoms with Crippen molar-refractivity contribution in [3.05, 3.63) is 47.9 Å². The zero-order chi connectivity index (χ0) is 18.4. The lowest BCUT2D eigenvalue weighted by atomic mass is 10.2. The van der Waals surface area contributed by atoms with Crippen molar-refractivity contribution in [1.82, 2.24) is 19.8 Å². The Balaban J connectivity index is 0.00000261. The quantitative estimate of drug-likeness (QED) is 0.388. The molecule has 0 aromatic carbocycles. The van der Waals surface area contributed by atoms with Gasteiger partial charge in [-0.05, 0) is 49.4 Å². The highest BCUT2D eigenvalue weighted by atomic mass is 127. The molecule has 3 rings (SSSR count). The van der Waals surface area contributed by atoms with E-state index in [0.717, 1.165) is 36.8 Å². The van der Waals surface area contributed by atoms with E-state index in [9.17, 15) is 0 Å². The van der Waals surface area contributed by atoms with E-state index in [1.165, 1.54) is 18.5 Å². The summed E-state index contributed by atoms with van der Waals surface area (Å²) in [5.74, 6) is 1.59. The van der Waals surface area contributed by atoms with E-state index in [0.29, 0.717) is 12.6 Å². The lowest BCUT2D eigenvalue weighted by Gasteiger charge is -2.22. The molecule has 1 fully saturated rings. The van der Waals surface area contributed by atoms with Crippen molar-refractivity contribution in [3.63, 3.8) is 0 Å². The molecule has 0 bridgehead atoms. The highest BCUT2D eigenvalue weighted by molar-refractivity contribution is 14.0. The van der Waals surface area contributed by atoms with Gasteiger partial charge in [0.15, 0.2) is 5.96 Å². The molecule has 1 aliphatic carbocycles. The number of aliphatic imine (C=N–C) groups is 1. The molecule has 0 spiro atoms. The summed E-state index contributed by atoms with van der Waals surface area (Å²) < 4.78 is 8.12. The summed E-state index contributed by atoms with van der Waals surface area (Å²) in [7, 11) is 5.91. The van der Waals surface area contributed by atoms with E-state index in [-0.39, 0.29) is 24.0 Å². The lowest BCUT2D eigenvalue weighted by Crippen LogP contribution is -2.38. The average molecular weight is 483 g/mol. The molecule has 0 amide bonds. The summed E-state index contributed by atoms with van der Waals surface area (Å²) in [6.45, 7) is 1.49. The zero-order valence-corrected chi connectivity index (χ0v) is 18.7. The molecule has 1 saturated carbocycles. The first-order valence-corrected chi connectivity index (χ1v) is 9.29. The van der Waals surface area contributed by atoms with Gasteiger partial charge in [-0.1, -0.05) is 0 Å². The number of nitrogens with zero attached hydrogens (tertiary/aromatic N) is 4. The van der Waals surface area contributed by atoms with Gasteiger partial charge in [0.1, 0.15) is 6.10 Å². The Morgan fingerprint density at radius 3 is 2.81 bits per heavy atom. The molecule has 1 N–H and O–H groups in total. The van der Waals surface area contributed by atoms with Crippen molar-refractivity contribution in [3.8, 4) is 5.88 Å². The summed E-state index contributed by atoms with van der Waals surface area (Å²) in [6.07, 6.45) is 9.00. The Bertz CT molecular complexity index is 739. The second-order valence-electron chi connectivity index (χ2n) is 6.89. The monoisotopic (exact) mass is 483 g/mol.